The largest absolute Gasteiger partial charge is 0.377 e. The molecule has 0 spiro atoms. The predicted molar refractivity (Wildman–Crippen MR) is 103 cm³/mol. The molecule has 2 atom stereocenters. The van der Waals surface area contributed by atoms with Gasteiger partial charge in [-0.15, -0.1) is 0 Å². The van der Waals surface area contributed by atoms with Gasteiger partial charge < -0.3 is 4.74 Å². The first-order chi connectivity index (χ1) is 13.4. The van der Waals surface area contributed by atoms with Gasteiger partial charge >= 0.3 is 0 Å². The maximum atomic E-state index is 14.6. The van der Waals surface area contributed by atoms with Gasteiger partial charge in [-0.1, -0.05) is 43.1 Å². The van der Waals surface area contributed by atoms with Crippen LogP contribution in [0.5, 0.6) is 0 Å². The Kier molecular flexibility index (Phi) is 8.83. The Labute approximate surface area is 168 Å². The molecule has 0 radical (unpaired) electrons. The van der Waals surface area contributed by atoms with Crippen LogP contribution in [0.3, 0.4) is 0 Å². The molecule has 1 amide bonds. The zero-order valence-electron chi connectivity index (χ0n) is 15.6. The fraction of sp³-hybridized carbons (Fsp3) is 0.381. The number of nitrogens with one attached hydrogen (secondary N) is 1. The lowest BCUT2D eigenvalue weighted by atomic mass is 9.85. The third-order valence-corrected chi connectivity index (χ3v) is 4.77. The molecule has 0 heterocycles. The van der Waals surface area contributed by atoms with E-state index in [0.717, 1.165) is 24.5 Å². The number of ether oxygens (including phenoxy) is 1. The summed E-state index contributed by atoms with van der Waals surface area (Å²) in [6, 6.07) is 10.4. The minimum Gasteiger partial charge on any atom is -0.377 e. The van der Waals surface area contributed by atoms with Crippen molar-refractivity contribution in [2.45, 2.75) is 44.6 Å². The number of hydrogen-bond acceptors (Lipinski definition) is 3. The average molecular weight is 412 g/mol. The van der Waals surface area contributed by atoms with E-state index in [-0.39, 0.29) is 12.0 Å². The molecule has 0 saturated heterocycles. The van der Waals surface area contributed by atoms with Crippen molar-refractivity contribution in [2.75, 3.05) is 6.61 Å². The fourth-order valence-electron chi connectivity index (χ4n) is 3.04. The monoisotopic (exact) mass is 411 g/mol. The Morgan fingerprint density at radius 1 is 1.21 bits per heavy atom. The molecule has 0 bridgehead atoms. The fourth-order valence-corrected chi connectivity index (χ4v) is 3.17. The third-order valence-electron chi connectivity index (χ3n) is 4.52. The molecule has 0 aliphatic carbocycles. The zero-order chi connectivity index (χ0) is 20.5. The van der Waals surface area contributed by atoms with E-state index in [0.29, 0.717) is 18.1 Å². The Hall–Kier alpha value is -2.02. The molecule has 152 valence electrons. The van der Waals surface area contributed by atoms with Crippen LogP contribution in [0.25, 0.3) is 0 Å². The van der Waals surface area contributed by atoms with Gasteiger partial charge in [0.15, 0.2) is 0 Å². The van der Waals surface area contributed by atoms with E-state index in [9.17, 15) is 13.6 Å². The van der Waals surface area contributed by atoms with Gasteiger partial charge in [-0.05, 0) is 42.2 Å². The first-order valence-corrected chi connectivity index (χ1v) is 9.56. The summed E-state index contributed by atoms with van der Waals surface area (Å²) in [5, 5.41) is 9.50. The van der Waals surface area contributed by atoms with E-state index >= 15 is 0 Å². The number of unbranched alkanes of at least 4 members (excludes halogenated alkanes) is 1. The van der Waals surface area contributed by atoms with Crippen LogP contribution in [-0.2, 0) is 16.0 Å². The molecule has 2 aromatic rings. The number of carbonyl (C=O) groups is 1. The molecule has 2 N–H and O–H groups in total. The van der Waals surface area contributed by atoms with Crippen molar-refractivity contribution in [3.63, 3.8) is 0 Å². The number of amides is 1. The lowest BCUT2D eigenvalue weighted by molar-refractivity contribution is -0.132. The average Bonchev–Trinajstić information content (AvgIpc) is 2.67. The minimum absolute atomic E-state index is 0.157. The predicted octanol–water partition coefficient (Wildman–Crippen LogP) is 5.03. The summed E-state index contributed by atoms with van der Waals surface area (Å²) in [5.41, 5.74) is 2.72. The highest BCUT2D eigenvalue weighted by Gasteiger charge is 2.29. The van der Waals surface area contributed by atoms with Crippen LogP contribution in [0, 0.1) is 11.6 Å². The molecule has 0 saturated carbocycles. The van der Waals surface area contributed by atoms with E-state index in [4.69, 9.17) is 21.5 Å². The van der Waals surface area contributed by atoms with Crippen molar-refractivity contribution in [2.24, 2.45) is 0 Å². The number of benzene rings is 2. The van der Waals surface area contributed by atoms with Crippen molar-refractivity contribution >= 4 is 17.5 Å². The summed E-state index contributed by atoms with van der Waals surface area (Å²) in [7, 11) is 0. The molecular weight excluding hydrogens is 388 g/mol. The number of rotatable bonds is 10. The maximum Gasteiger partial charge on any atom is 0.245 e. The Morgan fingerprint density at radius 3 is 2.54 bits per heavy atom. The number of carbonyl (C=O) groups excluding carboxylic acids is 1. The second-order valence-corrected chi connectivity index (χ2v) is 7.04. The van der Waals surface area contributed by atoms with Crippen molar-refractivity contribution in [3.05, 3.63) is 70.2 Å². The highest BCUT2D eigenvalue weighted by molar-refractivity contribution is 6.30. The number of halogens is 3. The van der Waals surface area contributed by atoms with Crippen LogP contribution in [-0.4, -0.2) is 23.8 Å². The van der Waals surface area contributed by atoms with Gasteiger partial charge in [0.25, 0.3) is 0 Å². The SMILES string of the molecule is CCCCOC(CC(=O)NO)C(Cc1ccc(Cl)cc1)c1ccc(F)cc1F. The van der Waals surface area contributed by atoms with Crippen LogP contribution >= 0.6 is 11.6 Å². The van der Waals surface area contributed by atoms with E-state index in [2.05, 4.69) is 0 Å². The molecule has 4 nitrogen and oxygen atoms in total. The molecule has 0 fully saturated rings. The third kappa shape index (κ3) is 6.55. The number of hydrogen-bond donors (Lipinski definition) is 2. The van der Waals surface area contributed by atoms with Crippen LogP contribution < -0.4 is 5.48 Å². The van der Waals surface area contributed by atoms with Crippen molar-refractivity contribution in [3.8, 4) is 0 Å². The zero-order valence-corrected chi connectivity index (χ0v) is 16.4. The lowest BCUT2D eigenvalue weighted by Gasteiger charge is -2.28. The summed E-state index contributed by atoms with van der Waals surface area (Å²) in [6.07, 6.45) is 1.17. The summed E-state index contributed by atoms with van der Waals surface area (Å²) < 4.78 is 33.9. The normalized spacial score (nSPS) is 13.2. The molecule has 0 aromatic heterocycles. The van der Waals surface area contributed by atoms with Crippen molar-refractivity contribution in [1.29, 1.82) is 0 Å². The van der Waals surface area contributed by atoms with E-state index in [1.54, 1.807) is 17.6 Å². The van der Waals surface area contributed by atoms with Crippen LogP contribution in [0.2, 0.25) is 5.02 Å². The summed E-state index contributed by atoms with van der Waals surface area (Å²) in [6.45, 7) is 2.39. The molecule has 0 aliphatic rings. The minimum atomic E-state index is -0.701. The Bertz CT molecular complexity index is 771. The molecular formula is C21H24ClF2NO3. The quantitative estimate of drug-likeness (QED) is 0.327. The van der Waals surface area contributed by atoms with Crippen molar-refractivity contribution < 1.29 is 23.5 Å². The summed E-state index contributed by atoms with van der Waals surface area (Å²) >= 11 is 5.94. The first-order valence-electron chi connectivity index (χ1n) is 9.18. The van der Waals surface area contributed by atoms with Crippen LogP contribution in [0.4, 0.5) is 8.78 Å². The van der Waals surface area contributed by atoms with Gasteiger partial charge in [0, 0.05) is 23.6 Å². The smallest absolute Gasteiger partial charge is 0.245 e. The van der Waals surface area contributed by atoms with Crippen LogP contribution in [0.15, 0.2) is 42.5 Å². The molecule has 2 unspecified atom stereocenters. The summed E-state index contributed by atoms with van der Waals surface area (Å²) in [5.74, 6) is -2.57. The van der Waals surface area contributed by atoms with Crippen LogP contribution in [0.1, 0.15) is 43.2 Å². The molecule has 0 aliphatic heterocycles. The van der Waals surface area contributed by atoms with Gasteiger partial charge in [-0.25, -0.2) is 14.3 Å². The Morgan fingerprint density at radius 2 is 1.93 bits per heavy atom. The lowest BCUT2D eigenvalue weighted by Crippen LogP contribution is -2.32. The molecule has 2 aromatic carbocycles. The number of hydroxylamine groups is 1. The molecule has 2 rings (SSSR count). The van der Waals surface area contributed by atoms with Gasteiger partial charge in [-0.2, -0.15) is 0 Å². The second-order valence-electron chi connectivity index (χ2n) is 6.60. The van der Waals surface area contributed by atoms with Gasteiger partial charge in [-0.3, -0.25) is 10.0 Å². The first kappa shape index (κ1) is 22.3. The molecule has 28 heavy (non-hydrogen) atoms. The maximum absolute atomic E-state index is 14.6. The highest BCUT2D eigenvalue weighted by atomic mass is 35.5. The molecule has 7 heteroatoms. The second kappa shape index (κ2) is 11.1. The topological polar surface area (TPSA) is 58.6 Å². The standard InChI is InChI=1S/C21H24ClF2NO3/c1-2-3-10-28-20(13-21(26)25-27)18(11-14-4-6-15(22)7-5-14)17-9-8-16(23)12-19(17)24/h4-9,12,18,20,27H,2-3,10-11,13H2,1H3,(H,25,26). The summed E-state index contributed by atoms with van der Waals surface area (Å²) in [4.78, 5) is 11.8. The van der Waals surface area contributed by atoms with E-state index in [1.165, 1.54) is 12.1 Å². The highest BCUT2D eigenvalue weighted by Crippen LogP contribution is 2.31. The van der Waals surface area contributed by atoms with Gasteiger partial charge in [0.05, 0.1) is 12.5 Å². The Balaban J connectivity index is 2.38. The van der Waals surface area contributed by atoms with E-state index < -0.39 is 29.6 Å². The van der Waals surface area contributed by atoms with E-state index in [1.807, 2.05) is 19.1 Å². The van der Waals surface area contributed by atoms with Crippen molar-refractivity contribution in [1.82, 2.24) is 5.48 Å². The van der Waals surface area contributed by atoms with Gasteiger partial charge in [0.2, 0.25) is 5.91 Å². The van der Waals surface area contributed by atoms with Gasteiger partial charge in [0.1, 0.15) is 11.6 Å².